The van der Waals surface area contributed by atoms with Crippen molar-refractivity contribution >= 4 is 28.7 Å². The lowest BCUT2D eigenvalue weighted by Gasteiger charge is -2.15. The molecule has 1 aromatic heterocycles. The fourth-order valence-corrected chi connectivity index (χ4v) is 3.16. The Morgan fingerprint density at radius 1 is 1.08 bits per heavy atom. The SMILES string of the molecule is Cn1cc(C(=O)NNC(=O)NCCC(=O)N2CCCC2)c2ccccc21. The molecule has 0 bridgehead atoms. The number of hydrogen-bond donors (Lipinski definition) is 3. The van der Waals surface area contributed by atoms with Crippen LogP contribution in [0.25, 0.3) is 10.9 Å². The first-order chi connectivity index (χ1) is 12.6. The lowest BCUT2D eigenvalue weighted by atomic mass is 10.2. The number of benzene rings is 1. The summed E-state index contributed by atoms with van der Waals surface area (Å²) in [7, 11) is 1.86. The Hall–Kier alpha value is -3.03. The number of rotatable bonds is 4. The third-order valence-electron chi connectivity index (χ3n) is 4.51. The second-order valence-electron chi connectivity index (χ2n) is 6.34. The van der Waals surface area contributed by atoms with Crippen LogP contribution in [0.15, 0.2) is 30.5 Å². The first-order valence-corrected chi connectivity index (χ1v) is 8.72. The first-order valence-electron chi connectivity index (χ1n) is 8.72. The van der Waals surface area contributed by atoms with Crippen molar-refractivity contribution < 1.29 is 14.4 Å². The lowest BCUT2D eigenvalue weighted by Crippen LogP contribution is -2.47. The maximum Gasteiger partial charge on any atom is 0.333 e. The van der Waals surface area contributed by atoms with E-state index >= 15 is 0 Å². The molecule has 1 fully saturated rings. The zero-order valence-electron chi connectivity index (χ0n) is 14.7. The summed E-state index contributed by atoms with van der Waals surface area (Å²) in [6.07, 6.45) is 4.05. The molecule has 1 saturated heterocycles. The minimum Gasteiger partial charge on any atom is -0.350 e. The van der Waals surface area contributed by atoms with Crippen molar-refractivity contribution in [2.75, 3.05) is 19.6 Å². The van der Waals surface area contributed by atoms with E-state index in [-0.39, 0.29) is 18.9 Å². The Bertz CT molecular complexity index is 823. The summed E-state index contributed by atoms with van der Waals surface area (Å²) in [5.74, 6) is -0.354. The molecule has 0 spiro atoms. The molecular formula is C18H23N5O3. The Labute approximate surface area is 151 Å². The van der Waals surface area contributed by atoms with Gasteiger partial charge in [0.05, 0.1) is 5.56 Å². The van der Waals surface area contributed by atoms with Crippen LogP contribution in [0.1, 0.15) is 29.6 Å². The van der Waals surface area contributed by atoms with E-state index in [1.54, 1.807) is 6.20 Å². The molecule has 1 aliphatic heterocycles. The van der Waals surface area contributed by atoms with Gasteiger partial charge in [-0.3, -0.25) is 15.0 Å². The fourth-order valence-electron chi connectivity index (χ4n) is 3.16. The predicted molar refractivity (Wildman–Crippen MR) is 97.4 cm³/mol. The van der Waals surface area contributed by atoms with E-state index in [1.807, 2.05) is 40.8 Å². The molecule has 0 unspecified atom stereocenters. The number of hydrazine groups is 1. The third-order valence-corrected chi connectivity index (χ3v) is 4.51. The van der Waals surface area contributed by atoms with Gasteiger partial charge in [-0.25, -0.2) is 10.2 Å². The van der Waals surface area contributed by atoms with E-state index in [9.17, 15) is 14.4 Å². The molecule has 2 aromatic rings. The standard InChI is InChI=1S/C18H23N5O3/c1-22-12-14(13-6-2-3-7-15(13)22)17(25)20-21-18(26)19-9-8-16(24)23-10-4-5-11-23/h2-3,6-7,12H,4-5,8-11H2,1H3,(H,20,25)(H2,19,21,26). The van der Waals surface area contributed by atoms with E-state index in [0.717, 1.165) is 36.8 Å². The summed E-state index contributed by atoms with van der Waals surface area (Å²) >= 11 is 0. The number of aromatic nitrogens is 1. The summed E-state index contributed by atoms with van der Waals surface area (Å²) < 4.78 is 1.86. The Kier molecular flexibility index (Phi) is 5.40. The van der Waals surface area contributed by atoms with Gasteiger partial charge in [0.1, 0.15) is 0 Å². The van der Waals surface area contributed by atoms with Crippen LogP contribution in [0.3, 0.4) is 0 Å². The highest BCUT2D eigenvalue weighted by Crippen LogP contribution is 2.19. The van der Waals surface area contributed by atoms with Crippen molar-refractivity contribution in [3.05, 3.63) is 36.0 Å². The number of carbonyl (C=O) groups is 3. The summed E-state index contributed by atoms with van der Waals surface area (Å²) in [5, 5.41) is 3.38. The average molecular weight is 357 g/mol. The highest BCUT2D eigenvalue weighted by Gasteiger charge is 2.18. The monoisotopic (exact) mass is 357 g/mol. The third kappa shape index (κ3) is 3.96. The van der Waals surface area contributed by atoms with Gasteiger partial charge < -0.3 is 14.8 Å². The number of nitrogens with zero attached hydrogens (tertiary/aromatic N) is 2. The van der Waals surface area contributed by atoms with Crippen molar-refractivity contribution in [3.8, 4) is 0 Å². The van der Waals surface area contributed by atoms with Crippen LogP contribution in [0.5, 0.6) is 0 Å². The van der Waals surface area contributed by atoms with Gasteiger partial charge in [-0.05, 0) is 18.9 Å². The second kappa shape index (κ2) is 7.90. The average Bonchev–Trinajstić information content (AvgIpc) is 3.29. The zero-order chi connectivity index (χ0) is 18.5. The molecule has 2 heterocycles. The quantitative estimate of drug-likeness (QED) is 0.716. The molecule has 26 heavy (non-hydrogen) atoms. The van der Waals surface area contributed by atoms with Crippen molar-refractivity contribution in [2.45, 2.75) is 19.3 Å². The minimum atomic E-state index is -0.548. The molecule has 0 atom stereocenters. The lowest BCUT2D eigenvalue weighted by molar-refractivity contribution is -0.129. The maximum atomic E-state index is 12.3. The maximum absolute atomic E-state index is 12.3. The normalized spacial score (nSPS) is 13.7. The molecule has 8 nitrogen and oxygen atoms in total. The van der Waals surface area contributed by atoms with Crippen LogP contribution in [-0.2, 0) is 11.8 Å². The highest BCUT2D eigenvalue weighted by atomic mass is 16.2. The predicted octanol–water partition coefficient (Wildman–Crippen LogP) is 1.13. The number of carbonyl (C=O) groups excluding carboxylic acids is 3. The molecule has 138 valence electrons. The first kappa shape index (κ1) is 17.8. The number of hydrogen-bond acceptors (Lipinski definition) is 3. The zero-order valence-corrected chi connectivity index (χ0v) is 14.7. The van der Waals surface area contributed by atoms with Gasteiger partial charge in [0, 0.05) is 50.2 Å². The van der Waals surface area contributed by atoms with Crippen LogP contribution >= 0.6 is 0 Å². The Morgan fingerprint density at radius 2 is 1.81 bits per heavy atom. The second-order valence-corrected chi connectivity index (χ2v) is 6.34. The number of likely N-dealkylation sites (tertiary alicyclic amines) is 1. The van der Waals surface area contributed by atoms with E-state index in [4.69, 9.17) is 0 Å². The Morgan fingerprint density at radius 3 is 2.58 bits per heavy atom. The molecule has 4 amide bonds. The van der Waals surface area contributed by atoms with Crippen LogP contribution < -0.4 is 16.2 Å². The minimum absolute atomic E-state index is 0.0441. The highest BCUT2D eigenvalue weighted by molar-refractivity contribution is 6.07. The van der Waals surface area contributed by atoms with Gasteiger partial charge in [-0.1, -0.05) is 18.2 Å². The van der Waals surface area contributed by atoms with Crippen molar-refractivity contribution in [1.82, 2.24) is 25.6 Å². The van der Waals surface area contributed by atoms with Crippen molar-refractivity contribution in [2.24, 2.45) is 7.05 Å². The molecule has 0 saturated carbocycles. The molecule has 1 aliphatic rings. The van der Waals surface area contributed by atoms with Gasteiger partial charge in [0.25, 0.3) is 5.91 Å². The van der Waals surface area contributed by atoms with E-state index in [0.29, 0.717) is 5.56 Å². The number of fused-ring (bicyclic) bond motifs is 1. The fraction of sp³-hybridized carbons (Fsp3) is 0.389. The van der Waals surface area contributed by atoms with Gasteiger partial charge in [0.2, 0.25) is 5.91 Å². The molecule has 0 aliphatic carbocycles. The van der Waals surface area contributed by atoms with Crippen LogP contribution in [-0.4, -0.2) is 46.9 Å². The van der Waals surface area contributed by atoms with Crippen LogP contribution in [0, 0.1) is 0 Å². The largest absolute Gasteiger partial charge is 0.350 e. The number of amides is 4. The van der Waals surface area contributed by atoms with Crippen LogP contribution in [0.2, 0.25) is 0 Å². The number of urea groups is 1. The summed E-state index contributed by atoms with van der Waals surface area (Å²) in [6, 6.07) is 6.99. The number of nitrogens with one attached hydrogen (secondary N) is 3. The van der Waals surface area contributed by atoms with Gasteiger partial charge in [-0.2, -0.15) is 0 Å². The van der Waals surface area contributed by atoms with Crippen molar-refractivity contribution in [1.29, 1.82) is 0 Å². The molecule has 3 N–H and O–H groups in total. The van der Waals surface area contributed by atoms with E-state index in [1.165, 1.54) is 0 Å². The summed E-state index contributed by atoms with van der Waals surface area (Å²) in [6.45, 7) is 1.82. The van der Waals surface area contributed by atoms with Gasteiger partial charge >= 0.3 is 6.03 Å². The van der Waals surface area contributed by atoms with Crippen molar-refractivity contribution in [3.63, 3.8) is 0 Å². The summed E-state index contributed by atoms with van der Waals surface area (Å²) in [4.78, 5) is 37.8. The number of para-hydroxylation sites is 1. The van der Waals surface area contributed by atoms with E-state index in [2.05, 4.69) is 16.2 Å². The van der Waals surface area contributed by atoms with Crippen LogP contribution in [0.4, 0.5) is 4.79 Å². The summed E-state index contributed by atoms with van der Waals surface area (Å²) in [5.41, 5.74) is 6.11. The van der Waals surface area contributed by atoms with E-state index < -0.39 is 11.9 Å². The Balaban J connectivity index is 1.45. The smallest absolute Gasteiger partial charge is 0.333 e. The number of aryl methyl sites for hydroxylation is 1. The topological polar surface area (TPSA) is 95.5 Å². The molecule has 3 rings (SSSR count). The van der Waals surface area contributed by atoms with Gasteiger partial charge in [-0.15, -0.1) is 0 Å². The molecule has 0 radical (unpaired) electrons. The van der Waals surface area contributed by atoms with Gasteiger partial charge in [0.15, 0.2) is 0 Å². The molecular weight excluding hydrogens is 334 g/mol. The molecule has 1 aromatic carbocycles. The molecule has 8 heteroatoms.